The zero-order valence-electron chi connectivity index (χ0n) is 34.4. The third kappa shape index (κ3) is 11.6. The van der Waals surface area contributed by atoms with E-state index in [1.165, 1.54) is 0 Å². The molecule has 66 heavy (non-hydrogen) atoms. The van der Waals surface area contributed by atoms with E-state index in [0.29, 0.717) is 51.3 Å². The topological polar surface area (TPSA) is 242 Å². The lowest BCUT2D eigenvalue weighted by molar-refractivity contribution is 0.0478. The van der Waals surface area contributed by atoms with Crippen LogP contribution in [0.4, 0.5) is 0 Å². The molecule has 6 aromatic heterocycles. The first kappa shape index (κ1) is 47.2. The predicted octanol–water partition coefficient (Wildman–Crippen LogP) is 9.46. The molecule has 0 atom stereocenters. The van der Waals surface area contributed by atoms with Crippen LogP contribution in [0.3, 0.4) is 0 Å². The number of ether oxygens (including phenoxy) is 1. The number of amides is 1. The van der Waals surface area contributed by atoms with Crippen LogP contribution in [0, 0.1) is 0 Å². The Morgan fingerprint density at radius 1 is 0.636 bits per heavy atom. The lowest BCUT2D eigenvalue weighted by atomic mass is 10.1. The highest BCUT2D eigenvalue weighted by molar-refractivity contribution is 6.32. The number of nitrogens with one attached hydrogen (secondary N) is 3. The van der Waals surface area contributed by atoms with Crippen LogP contribution in [0.15, 0.2) is 106 Å². The second-order valence-electron chi connectivity index (χ2n) is 14.1. The zero-order chi connectivity index (χ0) is 45.5. The number of esters is 1. The Bertz CT molecular complexity index is 3320. The fraction of sp³-hybridized carbons (Fsp3) is 0.136. The number of fused-ring (bicyclic) bond motifs is 4. The third-order valence-corrected chi connectivity index (χ3v) is 10.4. The lowest BCUT2D eigenvalue weighted by Gasteiger charge is -2.02. The number of carbonyl (C=O) groups is 2. The van der Waals surface area contributed by atoms with Crippen molar-refractivity contribution >= 4 is 114 Å². The molecule has 0 aliphatic rings. The Kier molecular flexibility index (Phi) is 15.4. The molecule has 0 aliphatic heterocycles. The second kappa shape index (κ2) is 21.5. The van der Waals surface area contributed by atoms with Crippen molar-refractivity contribution in [3.05, 3.63) is 163 Å². The standard InChI is InChI=1S/C21H14Cl2N6O2.C15H12ClN3O3.C8H8ClN3.ClH/c22-13-2-4-17-15(8-13)18(27-26-17)10-25-20(30)21-29-28-19(31-21)6-11-1-3-16-12(5-11)7-14(23)9-24-16;1-2-21-15(20)14-19-18-13(22-14)6-9-3-4-12-10(5-9)7-11(16)8-17-12;9-5-1-2-7-6(3-5)8(4-10)12-11-7;/h1-5,7-9H,6,10H2,(H,25,30)(H,26,27);3-5,7-8H,2,6H2,1H3;1-3H,4,10H2,(H,11,12);1H. The molecule has 0 fully saturated rings. The number of nitrogens with zero attached hydrogens (tertiary/aromatic N) is 8. The predicted molar refractivity (Wildman–Crippen MR) is 252 cm³/mol. The first-order chi connectivity index (χ1) is 31.5. The summed E-state index contributed by atoms with van der Waals surface area (Å²) in [5, 5.41) is 38.3. The summed E-state index contributed by atoms with van der Waals surface area (Å²) in [6.45, 7) is 2.64. The smallest absolute Gasteiger partial charge is 0.396 e. The molecule has 0 radical (unpaired) electrons. The van der Waals surface area contributed by atoms with Gasteiger partial charge in [-0.05, 0) is 90.8 Å². The number of hydrogen-bond acceptors (Lipinski definition) is 14. The van der Waals surface area contributed by atoms with Crippen molar-refractivity contribution in [3.63, 3.8) is 0 Å². The molecule has 0 spiro atoms. The van der Waals surface area contributed by atoms with E-state index in [4.69, 9.17) is 65.7 Å². The second-order valence-corrected chi connectivity index (χ2v) is 15.8. The summed E-state index contributed by atoms with van der Waals surface area (Å²) < 4.78 is 15.6. The van der Waals surface area contributed by atoms with Gasteiger partial charge in [0.15, 0.2) is 0 Å². The summed E-state index contributed by atoms with van der Waals surface area (Å²) in [5.74, 6) is -0.658. The normalized spacial score (nSPS) is 10.9. The van der Waals surface area contributed by atoms with Crippen LogP contribution in [-0.4, -0.2) is 69.2 Å². The zero-order valence-corrected chi connectivity index (χ0v) is 38.2. The molecule has 0 aliphatic carbocycles. The molecule has 10 rings (SSSR count). The van der Waals surface area contributed by atoms with Crippen molar-refractivity contribution in [2.24, 2.45) is 5.73 Å². The molecular weight excluding hydrogens is 954 g/mol. The molecule has 0 saturated carbocycles. The van der Waals surface area contributed by atoms with E-state index in [1.807, 2.05) is 66.7 Å². The minimum Gasteiger partial charge on any atom is -0.459 e. The van der Waals surface area contributed by atoms with Crippen LogP contribution in [0.25, 0.3) is 43.6 Å². The van der Waals surface area contributed by atoms with Crippen LogP contribution in [-0.2, 0) is 30.7 Å². The van der Waals surface area contributed by atoms with E-state index in [2.05, 4.69) is 56.1 Å². The van der Waals surface area contributed by atoms with Crippen LogP contribution >= 0.6 is 58.8 Å². The molecule has 22 heteroatoms. The van der Waals surface area contributed by atoms with Crippen molar-refractivity contribution in [2.45, 2.75) is 32.9 Å². The van der Waals surface area contributed by atoms with Crippen LogP contribution in [0.5, 0.6) is 0 Å². The maximum absolute atomic E-state index is 12.4. The number of carbonyl (C=O) groups excluding carboxylic acids is 2. The SMILES string of the molecule is CCOC(=O)c1nnc(Cc2ccc3ncc(Cl)cc3c2)o1.Cl.NCc1[nH]nc2ccc(Cl)cc12.O=C(NCc1[nH]nc2ccc(Cl)cc12)c1nnc(Cc2ccc3ncc(Cl)cc3c2)o1. The Labute approximate surface area is 400 Å². The number of aromatic amines is 2. The molecule has 6 heterocycles. The monoisotopic (exact) mass is 986 g/mol. The van der Waals surface area contributed by atoms with Crippen LogP contribution in [0.1, 0.15) is 62.6 Å². The number of hydrogen-bond donors (Lipinski definition) is 4. The van der Waals surface area contributed by atoms with Gasteiger partial charge in [-0.2, -0.15) is 10.2 Å². The Morgan fingerprint density at radius 3 is 1.68 bits per heavy atom. The fourth-order valence-corrected chi connectivity index (χ4v) is 7.18. The molecule has 10 aromatic rings. The summed E-state index contributed by atoms with van der Waals surface area (Å²) in [7, 11) is 0. The minimum atomic E-state index is -0.615. The van der Waals surface area contributed by atoms with E-state index >= 15 is 0 Å². The molecule has 0 bridgehead atoms. The van der Waals surface area contributed by atoms with Crippen molar-refractivity contribution in [1.82, 2.24) is 56.1 Å². The molecular formula is C44H35Cl5N12O5. The molecule has 17 nitrogen and oxygen atoms in total. The van der Waals surface area contributed by atoms with Gasteiger partial charge >= 0.3 is 23.7 Å². The molecule has 5 N–H and O–H groups in total. The van der Waals surface area contributed by atoms with Gasteiger partial charge in [-0.25, -0.2) is 4.79 Å². The number of pyridine rings is 2. The number of benzene rings is 4. The summed E-state index contributed by atoms with van der Waals surface area (Å²) in [6, 6.07) is 26.1. The maximum Gasteiger partial charge on any atom is 0.396 e. The summed E-state index contributed by atoms with van der Waals surface area (Å²) >= 11 is 23.8. The van der Waals surface area contributed by atoms with Gasteiger partial charge in [-0.1, -0.05) is 58.5 Å². The number of rotatable bonds is 10. The average Bonchev–Trinajstić information content (AvgIpc) is 4.13. The average molecular weight is 989 g/mol. The minimum absolute atomic E-state index is 0. The molecule has 4 aromatic carbocycles. The molecule has 1 amide bonds. The van der Waals surface area contributed by atoms with E-state index in [9.17, 15) is 9.59 Å². The first-order valence-corrected chi connectivity index (χ1v) is 21.2. The Morgan fingerprint density at radius 2 is 1.14 bits per heavy atom. The van der Waals surface area contributed by atoms with Gasteiger partial charge in [-0.3, -0.25) is 25.0 Å². The van der Waals surface area contributed by atoms with Gasteiger partial charge in [0.1, 0.15) is 0 Å². The number of aromatic nitrogens is 10. The van der Waals surface area contributed by atoms with Crippen molar-refractivity contribution in [1.29, 1.82) is 0 Å². The highest BCUT2D eigenvalue weighted by Gasteiger charge is 2.18. The van der Waals surface area contributed by atoms with E-state index in [-0.39, 0.29) is 37.3 Å². The first-order valence-electron chi connectivity index (χ1n) is 19.7. The van der Waals surface area contributed by atoms with Crippen LogP contribution in [0.2, 0.25) is 20.1 Å². The summed E-state index contributed by atoms with van der Waals surface area (Å²) in [5.41, 5.74) is 12.4. The highest BCUT2D eigenvalue weighted by Crippen LogP contribution is 2.24. The van der Waals surface area contributed by atoms with Gasteiger partial charge < -0.3 is 24.6 Å². The Balaban J connectivity index is 0.000000161. The van der Waals surface area contributed by atoms with Crippen molar-refractivity contribution in [3.8, 4) is 0 Å². The van der Waals surface area contributed by atoms with E-state index in [0.717, 1.165) is 66.1 Å². The van der Waals surface area contributed by atoms with E-state index in [1.54, 1.807) is 37.5 Å². The van der Waals surface area contributed by atoms with E-state index < -0.39 is 11.9 Å². The molecule has 0 unspecified atom stereocenters. The van der Waals surface area contributed by atoms with Crippen molar-refractivity contribution < 1.29 is 23.2 Å². The Hall–Kier alpha value is -6.73. The van der Waals surface area contributed by atoms with Crippen molar-refractivity contribution in [2.75, 3.05) is 6.61 Å². The van der Waals surface area contributed by atoms with Gasteiger partial charge in [0.2, 0.25) is 11.8 Å². The quantitative estimate of drug-likeness (QED) is 0.0933. The van der Waals surface area contributed by atoms with Gasteiger partial charge in [0.25, 0.3) is 0 Å². The number of H-pyrrole nitrogens is 2. The summed E-state index contributed by atoms with van der Waals surface area (Å²) in [6.07, 6.45) is 4.00. The van der Waals surface area contributed by atoms with Gasteiger partial charge in [-0.15, -0.1) is 32.8 Å². The number of nitrogens with two attached hydrogens (primary N) is 1. The molecule has 0 saturated heterocycles. The van der Waals surface area contributed by atoms with Gasteiger partial charge in [0.05, 0.1) is 69.5 Å². The summed E-state index contributed by atoms with van der Waals surface area (Å²) in [4.78, 5) is 32.4. The van der Waals surface area contributed by atoms with Gasteiger partial charge in [0, 0.05) is 50.5 Å². The highest BCUT2D eigenvalue weighted by atomic mass is 35.5. The molecule has 336 valence electrons. The largest absolute Gasteiger partial charge is 0.459 e. The fourth-order valence-electron chi connectivity index (χ4n) is 6.50. The maximum atomic E-state index is 12.4. The lowest BCUT2D eigenvalue weighted by Crippen LogP contribution is -2.23. The third-order valence-electron chi connectivity index (χ3n) is 9.53. The number of halogens is 5. The van der Waals surface area contributed by atoms with Crippen LogP contribution < -0.4 is 11.1 Å².